The lowest BCUT2D eigenvalue weighted by Crippen LogP contribution is -3.00. The Kier molecular flexibility index (Phi) is 8.09. The molecule has 1 aromatic carbocycles. The Bertz CT molecular complexity index is 502. The summed E-state index contributed by atoms with van der Waals surface area (Å²) in [5.74, 6) is 5.75. The fourth-order valence-electron chi connectivity index (χ4n) is 1.17. The van der Waals surface area contributed by atoms with Crippen molar-refractivity contribution in [3.8, 4) is 11.8 Å². The standard InChI is InChI=1S/C14H17ClN2O2.ClH/c1-17(2,3)9-4-5-10-19-14(18)16-13-8-6-7-12(15)11-13;/h6-8,11H,9-10H2,1-3H3;1H. The molecule has 0 fully saturated rings. The van der Waals surface area contributed by atoms with Gasteiger partial charge in [0.25, 0.3) is 0 Å². The van der Waals surface area contributed by atoms with Gasteiger partial charge in [-0.2, -0.15) is 0 Å². The monoisotopic (exact) mass is 316 g/mol. The maximum Gasteiger partial charge on any atom is 0.412 e. The first-order valence-electron chi connectivity index (χ1n) is 5.82. The highest BCUT2D eigenvalue weighted by atomic mass is 35.5. The Balaban J connectivity index is 0.00000361. The number of anilines is 1. The molecule has 0 unspecified atom stereocenters. The first kappa shape index (κ1) is 18.6. The van der Waals surface area contributed by atoms with Crippen LogP contribution in [-0.4, -0.2) is 44.9 Å². The van der Waals surface area contributed by atoms with Crippen molar-refractivity contribution in [3.05, 3.63) is 29.3 Å². The van der Waals surface area contributed by atoms with Gasteiger partial charge in [0.1, 0.15) is 6.54 Å². The average molecular weight is 317 g/mol. The lowest BCUT2D eigenvalue weighted by molar-refractivity contribution is -0.862. The molecule has 1 aromatic rings. The maximum absolute atomic E-state index is 11.4. The van der Waals surface area contributed by atoms with Gasteiger partial charge in [-0.3, -0.25) is 5.32 Å². The van der Waals surface area contributed by atoms with Crippen LogP contribution in [0.1, 0.15) is 0 Å². The summed E-state index contributed by atoms with van der Waals surface area (Å²) in [5.41, 5.74) is 0.594. The van der Waals surface area contributed by atoms with Gasteiger partial charge in [-0.25, -0.2) is 4.79 Å². The van der Waals surface area contributed by atoms with Gasteiger partial charge in [0, 0.05) is 10.7 Å². The molecule has 1 rings (SSSR count). The fourth-order valence-corrected chi connectivity index (χ4v) is 1.36. The molecule has 0 aliphatic rings. The predicted octanol–water partition coefficient (Wildman–Crippen LogP) is -0.398. The summed E-state index contributed by atoms with van der Waals surface area (Å²) >= 11 is 5.80. The fraction of sp³-hybridized carbons (Fsp3) is 0.357. The number of benzene rings is 1. The second kappa shape index (κ2) is 8.70. The number of hydrogen-bond donors (Lipinski definition) is 1. The molecule has 0 aliphatic carbocycles. The van der Waals surface area contributed by atoms with Crippen molar-refractivity contribution in [2.24, 2.45) is 0 Å². The van der Waals surface area contributed by atoms with Gasteiger partial charge in [-0.05, 0) is 24.1 Å². The molecule has 0 spiro atoms. The summed E-state index contributed by atoms with van der Waals surface area (Å²) in [6.07, 6.45) is -0.540. The molecule has 4 nitrogen and oxygen atoms in total. The van der Waals surface area contributed by atoms with Crippen LogP contribution in [0.15, 0.2) is 24.3 Å². The van der Waals surface area contributed by atoms with E-state index in [9.17, 15) is 4.79 Å². The van der Waals surface area contributed by atoms with Crippen LogP contribution in [0.2, 0.25) is 5.02 Å². The zero-order valence-electron chi connectivity index (χ0n) is 11.7. The number of carbonyl (C=O) groups is 1. The topological polar surface area (TPSA) is 38.3 Å². The van der Waals surface area contributed by atoms with E-state index in [4.69, 9.17) is 16.3 Å². The molecule has 6 heteroatoms. The number of carbonyl (C=O) groups excluding carboxylic acids is 1. The Morgan fingerprint density at radius 2 is 2.05 bits per heavy atom. The molecule has 0 bridgehead atoms. The smallest absolute Gasteiger partial charge is 0.412 e. The summed E-state index contributed by atoms with van der Waals surface area (Å²) in [6.45, 7) is 0.783. The lowest BCUT2D eigenvalue weighted by Gasteiger charge is -2.19. The van der Waals surface area contributed by atoms with Crippen LogP contribution < -0.4 is 17.7 Å². The maximum atomic E-state index is 11.4. The van der Waals surface area contributed by atoms with Crippen molar-refractivity contribution in [1.82, 2.24) is 0 Å². The molecule has 1 N–H and O–H groups in total. The van der Waals surface area contributed by atoms with Gasteiger partial charge < -0.3 is 21.6 Å². The van der Waals surface area contributed by atoms with Crippen LogP contribution in [0.3, 0.4) is 0 Å². The van der Waals surface area contributed by atoms with Gasteiger partial charge in [-0.15, -0.1) is 0 Å². The molecule has 0 aromatic heterocycles. The highest BCUT2D eigenvalue weighted by molar-refractivity contribution is 6.30. The predicted molar refractivity (Wildman–Crippen MR) is 77.1 cm³/mol. The zero-order chi connectivity index (χ0) is 14.3. The summed E-state index contributed by atoms with van der Waals surface area (Å²) in [5, 5.41) is 3.13. The van der Waals surface area contributed by atoms with Gasteiger partial charge in [0.2, 0.25) is 0 Å². The number of hydrogen-bond acceptors (Lipinski definition) is 2. The molecule has 1 amide bonds. The van der Waals surface area contributed by atoms with Gasteiger partial charge in [0.05, 0.1) is 21.1 Å². The first-order valence-corrected chi connectivity index (χ1v) is 6.20. The highest BCUT2D eigenvalue weighted by Gasteiger charge is 2.03. The Labute approximate surface area is 131 Å². The molecule has 0 saturated carbocycles. The summed E-state index contributed by atoms with van der Waals surface area (Å²) in [6, 6.07) is 6.86. The Morgan fingerprint density at radius 3 is 2.65 bits per heavy atom. The Morgan fingerprint density at radius 1 is 1.35 bits per heavy atom. The third kappa shape index (κ3) is 8.65. The summed E-state index contributed by atoms with van der Waals surface area (Å²) < 4.78 is 5.68. The van der Waals surface area contributed by atoms with Gasteiger partial charge >= 0.3 is 6.09 Å². The quantitative estimate of drug-likeness (QED) is 0.609. The van der Waals surface area contributed by atoms with Crippen LogP contribution in [0, 0.1) is 11.8 Å². The van der Waals surface area contributed by atoms with E-state index in [0.717, 1.165) is 4.48 Å². The minimum Gasteiger partial charge on any atom is -1.00 e. The number of halogens is 2. The molecule has 0 aliphatic heterocycles. The number of quaternary nitrogens is 1. The van der Waals surface area contributed by atoms with E-state index in [1.165, 1.54) is 0 Å². The van der Waals surface area contributed by atoms with Crippen LogP contribution in [0.25, 0.3) is 0 Å². The van der Waals surface area contributed by atoms with Gasteiger partial charge in [-0.1, -0.05) is 23.6 Å². The SMILES string of the molecule is C[N+](C)(C)CC#CCOC(=O)Nc1cccc(Cl)c1.[Cl-]. The lowest BCUT2D eigenvalue weighted by atomic mass is 10.3. The van der Waals surface area contributed by atoms with E-state index in [1.807, 2.05) is 21.1 Å². The van der Waals surface area contributed by atoms with Crippen molar-refractivity contribution < 1.29 is 26.4 Å². The first-order chi connectivity index (χ1) is 8.87. The zero-order valence-corrected chi connectivity index (χ0v) is 13.3. The highest BCUT2D eigenvalue weighted by Crippen LogP contribution is 2.14. The number of nitrogens with one attached hydrogen (secondary N) is 1. The van der Waals surface area contributed by atoms with Crippen molar-refractivity contribution in [2.45, 2.75) is 0 Å². The third-order valence-electron chi connectivity index (χ3n) is 2.02. The average Bonchev–Trinajstić information content (AvgIpc) is 2.26. The minimum absolute atomic E-state index is 0. The number of amides is 1. The molecule has 0 saturated heterocycles. The van der Waals surface area contributed by atoms with E-state index in [0.29, 0.717) is 17.3 Å². The minimum atomic E-state index is -0.540. The van der Waals surface area contributed by atoms with Crippen molar-refractivity contribution in [1.29, 1.82) is 0 Å². The molecule has 110 valence electrons. The van der Waals surface area contributed by atoms with Crippen LogP contribution in [0.4, 0.5) is 10.5 Å². The van der Waals surface area contributed by atoms with Crippen LogP contribution in [-0.2, 0) is 4.74 Å². The van der Waals surface area contributed by atoms with Crippen molar-refractivity contribution >= 4 is 23.4 Å². The number of ether oxygens (including phenoxy) is 1. The largest absolute Gasteiger partial charge is 1.00 e. The number of rotatable bonds is 3. The second-order valence-corrected chi connectivity index (χ2v) is 5.45. The molecule has 20 heavy (non-hydrogen) atoms. The second-order valence-electron chi connectivity index (χ2n) is 5.01. The number of nitrogens with zero attached hydrogens (tertiary/aromatic N) is 1. The third-order valence-corrected chi connectivity index (χ3v) is 2.26. The van der Waals surface area contributed by atoms with Crippen molar-refractivity contribution in [2.75, 3.05) is 39.6 Å². The van der Waals surface area contributed by atoms with Crippen molar-refractivity contribution in [3.63, 3.8) is 0 Å². The van der Waals surface area contributed by atoms with Gasteiger partial charge in [0.15, 0.2) is 6.61 Å². The van der Waals surface area contributed by atoms with Crippen LogP contribution >= 0.6 is 11.6 Å². The van der Waals surface area contributed by atoms with E-state index in [2.05, 4.69) is 17.2 Å². The summed E-state index contributed by atoms with van der Waals surface area (Å²) in [4.78, 5) is 11.4. The Hall–Kier alpha value is -1.41. The molecular formula is C14H18Cl2N2O2. The molecule has 0 radical (unpaired) electrons. The normalized spacial score (nSPS) is 9.80. The molecule has 0 heterocycles. The molecular weight excluding hydrogens is 299 g/mol. The van der Waals surface area contributed by atoms with E-state index in [-0.39, 0.29) is 19.0 Å². The summed E-state index contributed by atoms with van der Waals surface area (Å²) in [7, 11) is 6.13. The van der Waals surface area contributed by atoms with Crippen LogP contribution in [0.5, 0.6) is 0 Å². The van der Waals surface area contributed by atoms with E-state index >= 15 is 0 Å². The molecule has 0 atom stereocenters. The van der Waals surface area contributed by atoms with E-state index in [1.54, 1.807) is 24.3 Å². The van der Waals surface area contributed by atoms with E-state index < -0.39 is 6.09 Å².